The Morgan fingerprint density at radius 1 is 1.21 bits per heavy atom. The molecular formula is C13H11BrN2O2S. The summed E-state index contributed by atoms with van der Waals surface area (Å²) in [6, 6.07) is 7.52. The molecule has 0 fully saturated rings. The monoisotopic (exact) mass is 338 g/mol. The average Bonchev–Trinajstić information content (AvgIpc) is 2.42. The van der Waals surface area contributed by atoms with E-state index < -0.39 is 0 Å². The number of rotatable bonds is 2. The van der Waals surface area contributed by atoms with E-state index in [0.29, 0.717) is 24.7 Å². The van der Waals surface area contributed by atoms with Gasteiger partial charge in [0.15, 0.2) is 11.5 Å². The molecule has 0 saturated heterocycles. The summed E-state index contributed by atoms with van der Waals surface area (Å²) in [6.07, 6.45) is 1.75. The largest absolute Gasteiger partial charge is 0.486 e. The molecule has 0 atom stereocenters. The van der Waals surface area contributed by atoms with E-state index >= 15 is 0 Å². The van der Waals surface area contributed by atoms with Crippen LogP contribution in [0.2, 0.25) is 0 Å². The lowest BCUT2D eigenvalue weighted by atomic mass is 10.2. The van der Waals surface area contributed by atoms with E-state index in [1.807, 2.05) is 18.2 Å². The lowest BCUT2D eigenvalue weighted by Gasteiger charge is -2.20. The summed E-state index contributed by atoms with van der Waals surface area (Å²) in [6.45, 7) is 1.12. The van der Waals surface area contributed by atoms with Crippen molar-refractivity contribution in [2.24, 2.45) is 0 Å². The SMILES string of the molecule is Nc1cc2c(cc1Sc1ncccc1Br)OCCO2. The van der Waals surface area contributed by atoms with Crippen molar-refractivity contribution in [3.63, 3.8) is 0 Å². The highest BCUT2D eigenvalue weighted by molar-refractivity contribution is 9.10. The van der Waals surface area contributed by atoms with Gasteiger partial charge in [-0.3, -0.25) is 0 Å². The minimum atomic E-state index is 0.560. The molecule has 0 spiro atoms. The number of pyridine rings is 1. The van der Waals surface area contributed by atoms with Crippen molar-refractivity contribution in [1.29, 1.82) is 0 Å². The maximum Gasteiger partial charge on any atom is 0.163 e. The Hall–Kier alpha value is -1.40. The lowest BCUT2D eigenvalue weighted by molar-refractivity contribution is 0.171. The first-order valence-corrected chi connectivity index (χ1v) is 7.32. The molecule has 1 aromatic heterocycles. The average molecular weight is 339 g/mol. The summed E-state index contributed by atoms with van der Waals surface area (Å²) < 4.78 is 12.0. The summed E-state index contributed by atoms with van der Waals surface area (Å²) in [5.41, 5.74) is 6.70. The highest BCUT2D eigenvalue weighted by atomic mass is 79.9. The molecular weight excluding hydrogens is 328 g/mol. The fourth-order valence-electron chi connectivity index (χ4n) is 1.72. The van der Waals surface area contributed by atoms with Crippen molar-refractivity contribution in [3.05, 3.63) is 34.9 Å². The van der Waals surface area contributed by atoms with E-state index in [2.05, 4.69) is 20.9 Å². The molecule has 6 heteroatoms. The molecule has 98 valence electrons. The van der Waals surface area contributed by atoms with Crippen LogP contribution in [0.25, 0.3) is 0 Å². The standard InChI is InChI=1S/C13H11BrN2O2S/c14-8-2-1-3-16-13(8)19-12-7-11-10(6-9(12)15)17-4-5-18-11/h1-3,6-7H,4-5,15H2. The molecule has 2 aromatic rings. The summed E-state index contributed by atoms with van der Waals surface area (Å²) in [5.74, 6) is 1.43. The maximum absolute atomic E-state index is 6.04. The normalized spacial score (nSPS) is 13.3. The number of nitrogen functional groups attached to an aromatic ring is 1. The molecule has 0 aliphatic carbocycles. The van der Waals surface area contributed by atoms with Gasteiger partial charge in [0.25, 0.3) is 0 Å². The fourth-order valence-corrected chi connectivity index (χ4v) is 3.05. The lowest BCUT2D eigenvalue weighted by Crippen LogP contribution is -2.15. The van der Waals surface area contributed by atoms with Crippen LogP contribution in [0.5, 0.6) is 11.5 Å². The van der Waals surface area contributed by atoms with E-state index in [4.69, 9.17) is 15.2 Å². The number of hydrogen-bond acceptors (Lipinski definition) is 5. The maximum atomic E-state index is 6.04. The predicted octanol–water partition coefficient (Wildman–Crippen LogP) is 3.35. The Bertz CT molecular complexity index is 622. The van der Waals surface area contributed by atoms with E-state index in [0.717, 1.165) is 20.1 Å². The Balaban J connectivity index is 1.95. The van der Waals surface area contributed by atoms with Crippen LogP contribution in [-0.2, 0) is 0 Å². The van der Waals surface area contributed by atoms with Crippen LogP contribution in [0.15, 0.2) is 44.9 Å². The van der Waals surface area contributed by atoms with E-state index in [1.54, 1.807) is 12.3 Å². The number of hydrogen-bond donors (Lipinski definition) is 1. The third kappa shape index (κ3) is 2.64. The smallest absolute Gasteiger partial charge is 0.163 e. The first kappa shape index (κ1) is 12.6. The molecule has 0 bridgehead atoms. The minimum absolute atomic E-state index is 0.560. The summed E-state index contributed by atoms with van der Waals surface area (Å²) in [5, 5.41) is 0.867. The van der Waals surface area contributed by atoms with Gasteiger partial charge in [-0.1, -0.05) is 11.8 Å². The zero-order valence-corrected chi connectivity index (χ0v) is 12.3. The van der Waals surface area contributed by atoms with Gasteiger partial charge in [0.2, 0.25) is 0 Å². The molecule has 1 aromatic carbocycles. The molecule has 0 saturated carbocycles. The zero-order chi connectivity index (χ0) is 13.2. The third-order valence-electron chi connectivity index (χ3n) is 2.61. The van der Waals surface area contributed by atoms with Gasteiger partial charge >= 0.3 is 0 Å². The van der Waals surface area contributed by atoms with Crippen molar-refractivity contribution < 1.29 is 9.47 Å². The number of halogens is 1. The molecule has 0 radical (unpaired) electrons. The van der Waals surface area contributed by atoms with Crippen LogP contribution < -0.4 is 15.2 Å². The molecule has 1 aliphatic rings. The molecule has 2 N–H and O–H groups in total. The minimum Gasteiger partial charge on any atom is -0.486 e. The van der Waals surface area contributed by atoms with Crippen LogP contribution >= 0.6 is 27.7 Å². The van der Waals surface area contributed by atoms with Gasteiger partial charge in [-0.2, -0.15) is 0 Å². The third-order valence-corrected chi connectivity index (χ3v) is 4.60. The van der Waals surface area contributed by atoms with E-state index in [1.165, 1.54) is 11.8 Å². The summed E-state index contributed by atoms with van der Waals surface area (Å²) in [7, 11) is 0. The number of nitrogens with zero attached hydrogens (tertiary/aromatic N) is 1. The van der Waals surface area contributed by atoms with Gasteiger partial charge in [0.05, 0.1) is 4.47 Å². The molecule has 1 aliphatic heterocycles. The fraction of sp³-hybridized carbons (Fsp3) is 0.154. The van der Waals surface area contributed by atoms with Gasteiger partial charge in [-0.15, -0.1) is 0 Å². The summed E-state index contributed by atoms with van der Waals surface area (Å²) in [4.78, 5) is 5.22. The Morgan fingerprint density at radius 2 is 1.95 bits per heavy atom. The second kappa shape index (κ2) is 5.30. The van der Waals surface area contributed by atoms with Crippen molar-refractivity contribution in [3.8, 4) is 11.5 Å². The van der Waals surface area contributed by atoms with Gasteiger partial charge in [-0.25, -0.2) is 4.98 Å². The van der Waals surface area contributed by atoms with E-state index in [9.17, 15) is 0 Å². The number of benzene rings is 1. The van der Waals surface area contributed by atoms with Gasteiger partial charge in [0, 0.05) is 28.9 Å². The van der Waals surface area contributed by atoms with Crippen LogP contribution in [0.3, 0.4) is 0 Å². The number of anilines is 1. The number of fused-ring (bicyclic) bond motifs is 1. The number of nitrogens with two attached hydrogens (primary N) is 1. The van der Waals surface area contributed by atoms with Crippen molar-refractivity contribution in [2.45, 2.75) is 9.92 Å². The quantitative estimate of drug-likeness (QED) is 0.851. The van der Waals surface area contributed by atoms with Crippen LogP contribution in [0.4, 0.5) is 5.69 Å². The van der Waals surface area contributed by atoms with Crippen molar-refractivity contribution >= 4 is 33.4 Å². The Kier molecular flexibility index (Phi) is 3.52. The van der Waals surface area contributed by atoms with Crippen molar-refractivity contribution in [1.82, 2.24) is 4.98 Å². The second-order valence-electron chi connectivity index (χ2n) is 3.93. The Morgan fingerprint density at radius 3 is 2.68 bits per heavy atom. The number of ether oxygens (including phenoxy) is 2. The number of aromatic nitrogens is 1. The topological polar surface area (TPSA) is 57.4 Å². The predicted molar refractivity (Wildman–Crippen MR) is 77.9 cm³/mol. The van der Waals surface area contributed by atoms with Crippen LogP contribution in [0.1, 0.15) is 0 Å². The Labute approximate surface area is 123 Å². The highest BCUT2D eigenvalue weighted by Gasteiger charge is 2.16. The first-order chi connectivity index (χ1) is 9.24. The first-order valence-electron chi connectivity index (χ1n) is 5.71. The van der Waals surface area contributed by atoms with Crippen LogP contribution in [-0.4, -0.2) is 18.2 Å². The molecule has 4 nitrogen and oxygen atoms in total. The van der Waals surface area contributed by atoms with Crippen LogP contribution in [0, 0.1) is 0 Å². The zero-order valence-electron chi connectivity index (χ0n) is 9.93. The van der Waals surface area contributed by atoms with Crippen molar-refractivity contribution in [2.75, 3.05) is 18.9 Å². The molecule has 19 heavy (non-hydrogen) atoms. The molecule has 2 heterocycles. The second-order valence-corrected chi connectivity index (χ2v) is 5.81. The highest BCUT2D eigenvalue weighted by Crippen LogP contribution is 2.41. The summed E-state index contributed by atoms with van der Waals surface area (Å²) >= 11 is 4.97. The van der Waals surface area contributed by atoms with Gasteiger partial charge < -0.3 is 15.2 Å². The molecule has 3 rings (SSSR count). The van der Waals surface area contributed by atoms with E-state index in [-0.39, 0.29) is 0 Å². The van der Waals surface area contributed by atoms with Gasteiger partial charge in [0.1, 0.15) is 18.2 Å². The molecule has 0 unspecified atom stereocenters. The van der Waals surface area contributed by atoms with Gasteiger partial charge in [-0.05, 0) is 28.1 Å². The molecule has 0 amide bonds.